The van der Waals surface area contributed by atoms with Crippen LogP contribution in [0.25, 0.3) is 0 Å². The molecule has 0 heterocycles. The van der Waals surface area contributed by atoms with Crippen molar-refractivity contribution in [2.45, 2.75) is 71.4 Å². The van der Waals surface area contributed by atoms with Gasteiger partial charge in [-0.25, -0.2) is 0 Å². The Morgan fingerprint density at radius 3 is 2.44 bits per heavy atom. The Morgan fingerprint density at radius 1 is 1.17 bits per heavy atom. The third kappa shape index (κ3) is 3.71. The summed E-state index contributed by atoms with van der Waals surface area (Å²) in [4.78, 5) is 2.75. The van der Waals surface area contributed by atoms with Crippen LogP contribution in [0.1, 0.15) is 59.3 Å². The van der Waals surface area contributed by atoms with Crippen LogP contribution in [0.3, 0.4) is 0 Å². The summed E-state index contributed by atoms with van der Waals surface area (Å²) in [6, 6.07) is 1.34. The average Bonchev–Trinajstić information content (AvgIpc) is 3.11. The van der Waals surface area contributed by atoms with E-state index in [9.17, 15) is 0 Å². The van der Waals surface area contributed by atoms with E-state index in [-0.39, 0.29) is 0 Å². The van der Waals surface area contributed by atoms with E-state index in [1.807, 2.05) is 0 Å². The molecule has 2 fully saturated rings. The quantitative estimate of drug-likeness (QED) is 0.786. The highest BCUT2D eigenvalue weighted by molar-refractivity contribution is 4.91. The Kier molecular flexibility index (Phi) is 5.08. The summed E-state index contributed by atoms with van der Waals surface area (Å²) < 4.78 is 0. The molecular weight excluding hydrogens is 220 g/mol. The fourth-order valence-corrected chi connectivity index (χ4v) is 3.78. The van der Waals surface area contributed by atoms with Crippen LogP contribution < -0.4 is 5.73 Å². The summed E-state index contributed by atoms with van der Waals surface area (Å²) in [7, 11) is 0. The Balaban J connectivity index is 1.88. The number of nitrogens with two attached hydrogens (primary N) is 1. The maximum absolute atomic E-state index is 6.43. The molecule has 2 aliphatic carbocycles. The molecule has 0 aromatic heterocycles. The van der Waals surface area contributed by atoms with Gasteiger partial charge in [0.25, 0.3) is 0 Å². The first-order chi connectivity index (χ1) is 8.61. The van der Waals surface area contributed by atoms with Crippen molar-refractivity contribution >= 4 is 0 Å². The second-order valence-corrected chi connectivity index (χ2v) is 6.96. The van der Waals surface area contributed by atoms with Crippen molar-refractivity contribution in [2.75, 3.05) is 13.1 Å². The SMILES string of the molecule is CCCCN(CC1C(C)CC(C)CC1N)C1CC1. The van der Waals surface area contributed by atoms with Crippen molar-refractivity contribution in [2.24, 2.45) is 23.5 Å². The molecule has 0 aromatic rings. The maximum atomic E-state index is 6.43. The number of hydrogen-bond acceptors (Lipinski definition) is 2. The fraction of sp³-hybridized carbons (Fsp3) is 1.00. The van der Waals surface area contributed by atoms with Crippen LogP contribution in [0.15, 0.2) is 0 Å². The molecule has 0 bridgehead atoms. The van der Waals surface area contributed by atoms with Gasteiger partial charge in [-0.1, -0.05) is 27.2 Å². The highest BCUT2D eigenvalue weighted by atomic mass is 15.2. The number of nitrogens with zero attached hydrogens (tertiary/aromatic N) is 1. The van der Waals surface area contributed by atoms with Crippen molar-refractivity contribution in [1.29, 1.82) is 0 Å². The molecule has 2 saturated carbocycles. The molecule has 0 radical (unpaired) electrons. The lowest BCUT2D eigenvalue weighted by atomic mass is 9.72. The molecule has 0 aliphatic heterocycles. The van der Waals surface area contributed by atoms with Crippen LogP contribution >= 0.6 is 0 Å². The van der Waals surface area contributed by atoms with E-state index in [2.05, 4.69) is 25.7 Å². The van der Waals surface area contributed by atoms with Gasteiger partial charge < -0.3 is 10.6 Å². The van der Waals surface area contributed by atoms with E-state index in [4.69, 9.17) is 5.73 Å². The van der Waals surface area contributed by atoms with Crippen molar-refractivity contribution in [3.63, 3.8) is 0 Å². The van der Waals surface area contributed by atoms with E-state index in [0.29, 0.717) is 6.04 Å². The summed E-state index contributed by atoms with van der Waals surface area (Å²) in [5.41, 5.74) is 6.43. The largest absolute Gasteiger partial charge is 0.327 e. The van der Waals surface area contributed by atoms with E-state index < -0.39 is 0 Å². The highest BCUT2D eigenvalue weighted by Crippen LogP contribution is 2.36. The van der Waals surface area contributed by atoms with Crippen LogP contribution in [0, 0.1) is 17.8 Å². The zero-order valence-electron chi connectivity index (χ0n) is 12.6. The van der Waals surface area contributed by atoms with Crippen LogP contribution in [0.4, 0.5) is 0 Å². The summed E-state index contributed by atoms with van der Waals surface area (Å²) in [5.74, 6) is 2.38. The van der Waals surface area contributed by atoms with E-state index in [1.54, 1.807) is 0 Å². The molecule has 0 saturated heterocycles. The van der Waals surface area contributed by atoms with Crippen LogP contribution in [-0.2, 0) is 0 Å². The minimum absolute atomic E-state index is 0.437. The van der Waals surface area contributed by atoms with Gasteiger partial charge in [-0.15, -0.1) is 0 Å². The Hall–Kier alpha value is -0.0800. The standard InChI is InChI=1S/C16H32N2/c1-4-5-8-18(14-6-7-14)11-15-13(3)9-12(2)10-16(15)17/h12-16H,4-11,17H2,1-3H3. The molecule has 2 aliphatic rings. The predicted octanol–water partition coefficient (Wildman–Crippen LogP) is 3.26. The van der Waals surface area contributed by atoms with Crippen LogP contribution in [0.5, 0.6) is 0 Å². The lowest BCUT2D eigenvalue weighted by Crippen LogP contribution is -2.47. The fourth-order valence-electron chi connectivity index (χ4n) is 3.78. The first-order valence-corrected chi connectivity index (χ1v) is 8.11. The lowest BCUT2D eigenvalue weighted by molar-refractivity contribution is 0.112. The zero-order chi connectivity index (χ0) is 13.1. The first-order valence-electron chi connectivity index (χ1n) is 8.11. The Bertz CT molecular complexity index is 237. The summed E-state index contributed by atoms with van der Waals surface area (Å²) in [6.07, 6.45) is 8.13. The first kappa shape index (κ1) is 14.3. The molecule has 0 aromatic carbocycles. The molecule has 2 rings (SSSR count). The van der Waals surface area contributed by atoms with Gasteiger partial charge in [-0.3, -0.25) is 0 Å². The summed E-state index contributed by atoms with van der Waals surface area (Å²) >= 11 is 0. The van der Waals surface area contributed by atoms with Gasteiger partial charge in [-0.2, -0.15) is 0 Å². The molecule has 2 N–H and O–H groups in total. The maximum Gasteiger partial charge on any atom is 0.00965 e. The van der Waals surface area contributed by atoms with Gasteiger partial charge in [0.1, 0.15) is 0 Å². The van der Waals surface area contributed by atoms with Crippen molar-refractivity contribution in [3.05, 3.63) is 0 Å². The van der Waals surface area contributed by atoms with Crippen molar-refractivity contribution in [3.8, 4) is 0 Å². The van der Waals surface area contributed by atoms with Crippen molar-refractivity contribution in [1.82, 2.24) is 4.90 Å². The molecule has 0 amide bonds. The molecule has 18 heavy (non-hydrogen) atoms. The zero-order valence-corrected chi connectivity index (χ0v) is 12.6. The van der Waals surface area contributed by atoms with E-state index >= 15 is 0 Å². The van der Waals surface area contributed by atoms with Crippen LogP contribution in [-0.4, -0.2) is 30.1 Å². The van der Waals surface area contributed by atoms with Crippen LogP contribution in [0.2, 0.25) is 0 Å². The van der Waals surface area contributed by atoms with E-state index in [0.717, 1.165) is 23.8 Å². The third-order valence-corrected chi connectivity index (χ3v) is 5.04. The summed E-state index contributed by atoms with van der Waals surface area (Å²) in [6.45, 7) is 9.64. The monoisotopic (exact) mass is 252 g/mol. The number of unbranched alkanes of at least 4 members (excludes halogenated alkanes) is 1. The Labute approximate surface area is 113 Å². The number of hydrogen-bond donors (Lipinski definition) is 1. The van der Waals surface area contributed by atoms with E-state index in [1.165, 1.54) is 51.6 Å². The van der Waals surface area contributed by atoms with Gasteiger partial charge in [0.05, 0.1) is 0 Å². The summed E-state index contributed by atoms with van der Waals surface area (Å²) in [5, 5.41) is 0. The molecule has 2 nitrogen and oxygen atoms in total. The third-order valence-electron chi connectivity index (χ3n) is 5.04. The molecule has 4 atom stereocenters. The second kappa shape index (κ2) is 6.38. The molecule has 4 unspecified atom stereocenters. The number of rotatable bonds is 6. The topological polar surface area (TPSA) is 29.3 Å². The van der Waals surface area contributed by atoms with Gasteiger partial charge in [0.15, 0.2) is 0 Å². The smallest absolute Gasteiger partial charge is 0.00965 e. The Morgan fingerprint density at radius 2 is 1.89 bits per heavy atom. The lowest BCUT2D eigenvalue weighted by Gasteiger charge is -2.40. The van der Waals surface area contributed by atoms with Crippen molar-refractivity contribution < 1.29 is 0 Å². The minimum Gasteiger partial charge on any atom is -0.327 e. The van der Waals surface area contributed by atoms with Gasteiger partial charge in [0, 0.05) is 18.6 Å². The molecule has 0 spiro atoms. The molecular formula is C16H32N2. The molecule has 2 heteroatoms. The van der Waals surface area contributed by atoms with Gasteiger partial charge >= 0.3 is 0 Å². The van der Waals surface area contributed by atoms with Gasteiger partial charge in [0.2, 0.25) is 0 Å². The highest BCUT2D eigenvalue weighted by Gasteiger charge is 2.36. The molecule has 106 valence electrons. The predicted molar refractivity (Wildman–Crippen MR) is 78.5 cm³/mol. The average molecular weight is 252 g/mol. The van der Waals surface area contributed by atoms with Gasteiger partial charge in [-0.05, 0) is 56.4 Å². The minimum atomic E-state index is 0.437. The normalized spacial score (nSPS) is 37.2. The second-order valence-electron chi connectivity index (χ2n) is 6.96.